The summed E-state index contributed by atoms with van der Waals surface area (Å²) in [5, 5.41) is 7.91. The van der Waals surface area contributed by atoms with Crippen LogP contribution in [0.15, 0.2) is 59.2 Å². The average Bonchev–Trinajstić information content (AvgIpc) is 3.24. The number of hydrogen-bond acceptors (Lipinski definition) is 4. The molecule has 0 saturated heterocycles. The van der Waals surface area contributed by atoms with Crippen LogP contribution in [-0.2, 0) is 9.53 Å². The highest BCUT2D eigenvalue weighted by Gasteiger charge is 2.08. The van der Waals surface area contributed by atoms with Crippen LogP contribution in [0.1, 0.15) is 75.8 Å². The molecule has 0 bridgehead atoms. The molecule has 5 heteroatoms. The fourth-order valence-electron chi connectivity index (χ4n) is 2.11. The molecule has 0 aliphatic rings. The van der Waals surface area contributed by atoms with Crippen molar-refractivity contribution in [2.45, 2.75) is 65.2 Å². The number of ether oxygens (including phenoxy) is 1. The van der Waals surface area contributed by atoms with Crippen LogP contribution in [0.25, 0.3) is 0 Å². The molecule has 0 amide bonds. The molecule has 0 atom stereocenters. The van der Waals surface area contributed by atoms with E-state index in [1.807, 2.05) is 43.3 Å². The predicted octanol–water partition coefficient (Wildman–Crippen LogP) is 6.35. The second kappa shape index (κ2) is 19.2. The maximum atomic E-state index is 11.3. The minimum absolute atomic E-state index is 0.283. The third-order valence-electron chi connectivity index (χ3n) is 3.58. The lowest BCUT2D eigenvalue weighted by molar-refractivity contribution is -0.137. The largest absolute Gasteiger partial charge is 0.481 e. The fraction of sp³-hybridized carbons (Fsp3) is 0.478. The predicted molar refractivity (Wildman–Crippen MR) is 111 cm³/mol. The van der Waals surface area contributed by atoms with Crippen molar-refractivity contribution in [2.24, 2.45) is 0 Å². The Kier molecular flexibility index (Phi) is 17.5. The molecule has 28 heavy (non-hydrogen) atoms. The number of esters is 1. The zero-order valence-corrected chi connectivity index (χ0v) is 17.1. The van der Waals surface area contributed by atoms with Crippen LogP contribution in [0.3, 0.4) is 0 Å². The van der Waals surface area contributed by atoms with E-state index in [1.54, 1.807) is 12.1 Å². The quantitative estimate of drug-likeness (QED) is 0.377. The molecule has 2 rings (SSSR count). The van der Waals surface area contributed by atoms with E-state index in [2.05, 4.69) is 6.92 Å². The van der Waals surface area contributed by atoms with Gasteiger partial charge < -0.3 is 14.3 Å². The molecule has 0 aliphatic heterocycles. The van der Waals surface area contributed by atoms with Crippen molar-refractivity contribution < 1.29 is 23.8 Å². The minimum atomic E-state index is -0.711. The summed E-state index contributed by atoms with van der Waals surface area (Å²) in [5.41, 5.74) is 0. The lowest BCUT2D eigenvalue weighted by atomic mass is 10.1. The van der Waals surface area contributed by atoms with E-state index < -0.39 is 5.97 Å². The van der Waals surface area contributed by atoms with Gasteiger partial charge in [-0.05, 0) is 25.0 Å². The van der Waals surface area contributed by atoms with Crippen LogP contribution in [0.2, 0.25) is 0 Å². The van der Waals surface area contributed by atoms with Gasteiger partial charge in [0.2, 0.25) is 5.76 Å². The normalized spacial score (nSPS) is 9.36. The summed E-state index contributed by atoms with van der Waals surface area (Å²) in [4.78, 5) is 20.9. The van der Waals surface area contributed by atoms with Crippen molar-refractivity contribution in [1.82, 2.24) is 0 Å². The molecule has 0 unspecified atom stereocenters. The number of aliphatic carboxylic acids is 1. The third kappa shape index (κ3) is 16.9. The van der Waals surface area contributed by atoms with Crippen LogP contribution in [-0.4, -0.2) is 23.7 Å². The summed E-state index contributed by atoms with van der Waals surface area (Å²) < 4.78 is 9.99. The zero-order chi connectivity index (χ0) is 20.9. The van der Waals surface area contributed by atoms with Gasteiger partial charge in [-0.25, -0.2) is 4.79 Å². The maximum Gasteiger partial charge on any atom is 0.374 e. The first-order valence-electron chi connectivity index (χ1n) is 10.0. The highest BCUT2D eigenvalue weighted by Crippen LogP contribution is 2.06. The van der Waals surface area contributed by atoms with E-state index >= 15 is 0 Å². The molecule has 0 fully saturated rings. The van der Waals surface area contributed by atoms with Crippen LogP contribution in [0.4, 0.5) is 0 Å². The number of unbranched alkanes of at least 4 members (excludes halogenated alkanes) is 5. The van der Waals surface area contributed by atoms with Gasteiger partial charge in [-0.15, -0.1) is 0 Å². The first-order valence-corrected chi connectivity index (χ1v) is 10.0. The van der Waals surface area contributed by atoms with Gasteiger partial charge in [0.1, 0.15) is 0 Å². The Balaban J connectivity index is 0.000000495. The second-order valence-corrected chi connectivity index (χ2v) is 6.18. The molecule has 1 aromatic carbocycles. The highest BCUT2D eigenvalue weighted by molar-refractivity contribution is 5.86. The molecule has 2 aromatic rings. The van der Waals surface area contributed by atoms with E-state index in [-0.39, 0.29) is 11.7 Å². The molecule has 5 nitrogen and oxygen atoms in total. The lowest BCUT2D eigenvalue weighted by Crippen LogP contribution is -2.05. The van der Waals surface area contributed by atoms with Gasteiger partial charge >= 0.3 is 11.9 Å². The lowest BCUT2D eigenvalue weighted by Gasteiger charge is -2.02. The Hall–Kier alpha value is -2.56. The van der Waals surface area contributed by atoms with Gasteiger partial charge in [0.05, 0.1) is 12.9 Å². The van der Waals surface area contributed by atoms with E-state index in [0.29, 0.717) is 13.0 Å². The first-order chi connectivity index (χ1) is 13.6. The van der Waals surface area contributed by atoms with Crippen molar-refractivity contribution >= 4 is 11.9 Å². The summed E-state index contributed by atoms with van der Waals surface area (Å²) in [6.45, 7) is 4.53. The number of hydrogen-bond donors (Lipinski definition) is 1. The van der Waals surface area contributed by atoms with Gasteiger partial charge in [-0.1, -0.05) is 82.3 Å². The SMILES string of the molecule is CCCC(=O)O.CCCCCCCCOC(=O)c1ccco1.c1ccccc1. The standard InChI is InChI=1S/C13H20O3.C6H6.C4H8O2/c1-2-3-4-5-6-7-10-16-13(14)12-9-8-11-15-12;1-2-4-6-5-3-1;1-2-3-4(5)6/h8-9,11H,2-7,10H2,1H3;1-6H;2-3H2,1H3,(H,5,6). The Morgan fingerprint density at radius 1 is 0.857 bits per heavy atom. The minimum Gasteiger partial charge on any atom is -0.481 e. The van der Waals surface area contributed by atoms with E-state index in [4.69, 9.17) is 14.3 Å². The van der Waals surface area contributed by atoms with Gasteiger partial charge in [0.25, 0.3) is 0 Å². The van der Waals surface area contributed by atoms with Crippen LogP contribution in [0.5, 0.6) is 0 Å². The van der Waals surface area contributed by atoms with E-state index in [9.17, 15) is 9.59 Å². The Morgan fingerprint density at radius 3 is 1.86 bits per heavy atom. The molecule has 1 aromatic heterocycles. The van der Waals surface area contributed by atoms with Crippen molar-refractivity contribution in [2.75, 3.05) is 6.61 Å². The molecule has 1 heterocycles. The Bertz CT molecular complexity index is 552. The van der Waals surface area contributed by atoms with Crippen molar-refractivity contribution in [1.29, 1.82) is 0 Å². The second-order valence-electron chi connectivity index (χ2n) is 6.18. The molecule has 1 N–H and O–H groups in total. The van der Waals surface area contributed by atoms with E-state index in [1.165, 1.54) is 31.9 Å². The first kappa shape index (κ1) is 25.4. The smallest absolute Gasteiger partial charge is 0.374 e. The summed E-state index contributed by atoms with van der Waals surface area (Å²) >= 11 is 0. The topological polar surface area (TPSA) is 76.7 Å². The van der Waals surface area contributed by atoms with Gasteiger partial charge in [0.15, 0.2) is 0 Å². The molecule has 0 radical (unpaired) electrons. The number of rotatable bonds is 10. The Labute approximate surface area is 168 Å². The highest BCUT2D eigenvalue weighted by atomic mass is 16.5. The summed E-state index contributed by atoms with van der Waals surface area (Å²) in [5.74, 6) is -0.790. The number of benzene rings is 1. The van der Waals surface area contributed by atoms with E-state index in [0.717, 1.165) is 19.3 Å². The number of furan rings is 1. The van der Waals surface area contributed by atoms with Crippen LogP contribution >= 0.6 is 0 Å². The van der Waals surface area contributed by atoms with Crippen LogP contribution in [0, 0.1) is 0 Å². The Morgan fingerprint density at radius 2 is 1.43 bits per heavy atom. The number of carboxylic acid groups (broad SMARTS) is 1. The molecular formula is C23H34O5. The zero-order valence-electron chi connectivity index (χ0n) is 17.1. The average molecular weight is 391 g/mol. The monoisotopic (exact) mass is 390 g/mol. The van der Waals surface area contributed by atoms with Gasteiger partial charge in [-0.3, -0.25) is 4.79 Å². The maximum absolute atomic E-state index is 11.3. The molecule has 0 saturated carbocycles. The number of carbonyl (C=O) groups is 2. The molecule has 0 aliphatic carbocycles. The summed E-state index contributed by atoms with van der Waals surface area (Å²) in [6.07, 6.45) is 9.63. The van der Waals surface area contributed by atoms with Crippen molar-refractivity contribution in [3.63, 3.8) is 0 Å². The van der Waals surface area contributed by atoms with Crippen molar-refractivity contribution in [3.8, 4) is 0 Å². The van der Waals surface area contributed by atoms with Gasteiger partial charge in [-0.2, -0.15) is 0 Å². The fourth-order valence-corrected chi connectivity index (χ4v) is 2.11. The molecule has 156 valence electrons. The molecule has 0 spiro atoms. The number of carbonyl (C=O) groups excluding carboxylic acids is 1. The van der Waals surface area contributed by atoms with Crippen molar-refractivity contribution in [3.05, 3.63) is 60.6 Å². The van der Waals surface area contributed by atoms with Crippen LogP contribution < -0.4 is 0 Å². The van der Waals surface area contributed by atoms with Gasteiger partial charge in [0, 0.05) is 6.42 Å². The molecular weight excluding hydrogens is 356 g/mol. The number of carboxylic acids is 1. The third-order valence-corrected chi connectivity index (χ3v) is 3.58. The summed E-state index contributed by atoms with van der Waals surface area (Å²) in [7, 11) is 0. The summed E-state index contributed by atoms with van der Waals surface area (Å²) in [6, 6.07) is 15.3.